The van der Waals surface area contributed by atoms with Crippen molar-refractivity contribution in [2.75, 3.05) is 20.6 Å². The number of aryl methyl sites for hydroxylation is 1. The minimum Gasteiger partial charge on any atom is -0.342 e. The number of carbonyl (C=O) groups excluding carboxylic acids is 1. The minimum atomic E-state index is 0.277. The molecule has 1 aromatic rings. The molecule has 1 fully saturated rings. The summed E-state index contributed by atoms with van der Waals surface area (Å²) in [7, 11) is 4.09. The quantitative estimate of drug-likeness (QED) is 0.851. The Morgan fingerprint density at radius 2 is 1.82 bits per heavy atom. The number of fused-ring (bicyclic) bond motifs is 1. The average Bonchev–Trinajstić information content (AvgIpc) is 2.99. The number of likely N-dealkylation sites (N-methyl/N-ethyl adjacent to an activating group) is 2. The van der Waals surface area contributed by atoms with Crippen LogP contribution in [0.2, 0.25) is 0 Å². The molecule has 0 aromatic heterocycles. The van der Waals surface area contributed by atoms with Crippen molar-refractivity contribution in [2.24, 2.45) is 0 Å². The van der Waals surface area contributed by atoms with Crippen LogP contribution in [0.1, 0.15) is 55.7 Å². The average molecular weight is 300 g/mol. The molecule has 120 valence electrons. The van der Waals surface area contributed by atoms with Gasteiger partial charge in [0.05, 0.1) is 6.54 Å². The van der Waals surface area contributed by atoms with Crippen LogP contribution in [0, 0.1) is 0 Å². The zero-order valence-corrected chi connectivity index (χ0v) is 13.9. The molecule has 0 N–H and O–H groups in total. The Hall–Kier alpha value is -1.35. The molecule has 0 bridgehead atoms. The molecule has 0 radical (unpaired) electrons. The summed E-state index contributed by atoms with van der Waals surface area (Å²) in [5.41, 5.74) is 2.87. The molecule has 0 spiro atoms. The lowest BCUT2D eigenvalue weighted by atomic mass is 9.94. The summed E-state index contributed by atoms with van der Waals surface area (Å²) in [4.78, 5) is 16.9. The molecule has 1 atom stereocenters. The van der Waals surface area contributed by atoms with Gasteiger partial charge in [-0.25, -0.2) is 0 Å². The van der Waals surface area contributed by atoms with Crippen LogP contribution in [0.25, 0.3) is 0 Å². The largest absolute Gasteiger partial charge is 0.342 e. The van der Waals surface area contributed by atoms with Crippen molar-refractivity contribution in [3.63, 3.8) is 0 Å². The standard InChI is InChI=1S/C19H28N2O/c1-20(18-13-12-15-8-6-7-11-17(15)18)14-19(22)21(2)16-9-4-3-5-10-16/h6-8,11,16,18H,3-5,9-10,12-14H2,1-2H3/t18-/m0/s1. The molecule has 1 saturated carbocycles. The van der Waals surface area contributed by atoms with Crippen LogP contribution >= 0.6 is 0 Å². The number of amides is 1. The highest BCUT2D eigenvalue weighted by Crippen LogP contribution is 2.34. The summed E-state index contributed by atoms with van der Waals surface area (Å²) in [6.45, 7) is 0.534. The van der Waals surface area contributed by atoms with E-state index < -0.39 is 0 Å². The molecule has 1 aromatic carbocycles. The van der Waals surface area contributed by atoms with Gasteiger partial charge in [-0.05, 0) is 43.9 Å². The van der Waals surface area contributed by atoms with Gasteiger partial charge in [-0.1, -0.05) is 43.5 Å². The third-order valence-electron chi connectivity index (χ3n) is 5.53. The second-order valence-electron chi connectivity index (χ2n) is 6.96. The highest BCUT2D eigenvalue weighted by Gasteiger charge is 2.28. The third kappa shape index (κ3) is 3.19. The number of nitrogens with zero attached hydrogens (tertiary/aromatic N) is 2. The zero-order chi connectivity index (χ0) is 15.5. The van der Waals surface area contributed by atoms with Gasteiger partial charge in [0, 0.05) is 19.1 Å². The fourth-order valence-electron chi connectivity index (χ4n) is 4.10. The van der Waals surface area contributed by atoms with Crippen molar-refractivity contribution < 1.29 is 4.79 Å². The first-order valence-electron chi connectivity index (χ1n) is 8.70. The third-order valence-corrected chi connectivity index (χ3v) is 5.53. The van der Waals surface area contributed by atoms with E-state index in [-0.39, 0.29) is 5.91 Å². The van der Waals surface area contributed by atoms with E-state index in [2.05, 4.69) is 36.2 Å². The van der Waals surface area contributed by atoms with E-state index in [1.165, 1.54) is 43.2 Å². The van der Waals surface area contributed by atoms with Crippen LogP contribution in [-0.2, 0) is 11.2 Å². The number of rotatable bonds is 4. The van der Waals surface area contributed by atoms with E-state index in [0.717, 1.165) is 12.8 Å². The normalized spacial score (nSPS) is 21.9. The maximum absolute atomic E-state index is 12.6. The maximum atomic E-state index is 12.6. The summed E-state index contributed by atoms with van der Waals surface area (Å²) in [6.07, 6.45) is 8.50. The minimum absolute atomic E-state index is 0.277. The van der Waals surface area contributed by atoms with E-state index in [4.69, 9.17) is 0 Å². The van der Waals surface area contributed by atoms with E-state index in [1.54, 1.807) is 0 Å². The van der Waals surface area contributed by atoms with E-state index >= 15 is 0 Å². The van der Waals surface area contributed by atoms with Crippen LogP contribution in [0.3, 0.4) is 0 Å². The van der Waals surface area contributed by atoms with Crippen LogP contribution in [0.15, 0.2) is 24.3 Å². The van der Waals surface area contributed by atoms with Crippen molar-refractivity contribution in [1.29, 1.82) is 0 Å². The lowest BCUT2D eigenvalue weighted by Crippen LogP contribution is -2.43. The summed E-state index contributed by atoms with van der Waals surface area (Å²) < 4.78 is 0. The maximum Gasteiger partial charge on any atom is 0.236 e. The van der Waals surface area contributed by atoms with E-state index in [9.17, 15) is 4.79 Å². The number of hydrogen-bond donors (Lipinski definition) is 0. The van der Waals surface area contributed by atoms with Gasteiger partial charge in [0.15, 0.2) is 0 Å². The summed E-state index contributed by atoms with van der Waals surface area (Å²) in [6, 6.07) is 9.53. The molecule has 0 saturated heterocycles. The molecule has 2 aliphatic rings. The molecule has 1 amide bonds. The topological polar surface area (TPSA) is 23.6 Å². The van der Waals surface area contributed by atoms with Gasteiger partial charge < -0.3 is 4.90 Å². The number of benzene rings is 1. The molecule has 0 aliphatic heterocycles. The lowest BCUT2D eigenvalue weighted by molar-refractivity contribution is -0.134. The monoisotopic (exact) mass is 300 g/mol. The van der Waals surface area contributed by atoms with Crippen molar-refractivity contribution in [3.05, 3.63) is 35.4 Å². The lowest BCUT2D eigenvalue weighted by Gasteiger charge is -2.33. The van der Waals surface area contributed by atoms with Crippen LogP contribution < -0.4 is 0 Å². The predicted octanol–water partition coefficient (Wildman–Crippen LogP) is 3.40. The van der Waals surface area contributed by atoms with Gasteiger partial charge in [0.2, 0.25) is 5.91 Å². The van der Waals surface area contributed by atoms with E-state index in [0.29, 0.717) is 18.6 Å². The molecular weight excluding hydrogens is 272 g/mol. The van der Waals surface area contributed by atoms with Gasteiger partial charge >= 0.3 is 0 Å². The van der Waals surface area contributed by atoms with Gasteiger partial charge in [-0.15, -0.1) is 0 Å². The Morgan fingerprint density at radius 1 is 1.09 bits per heavy atom. The fourth-order valence-corrected chi connectivity index (χ4v) is 4.10. The van der Waals surface area contributed by atoms with Crippen LogP contribution in [-0.4, -0.2) is 42.4 Å². The number of hydrogen-bond acceptors (Lipinski definition) is 2. The van der Waals surface area contributed by atoms with Crippen molar-refractivity contribution in [2.45, 2.75) is 57.0 Å². The smallest absolute Gasteiger partial charge is 0.236 e. The van der Waals surface area contributed by atoms with Crippen LogP contribution in [0.4, 0.5) is 0 Å². The van der Waals surface area contributed by atoms with Gasteiger partial charge in [-0.2, -0.15) is 0 Å². The highest BCUT2D eigenvalue weighted by molar-refractivity contribution is 5.78. The SMILES string of the molecule is CN(C(=O)CN(C)[C@H]1CCc2ccccc21)C1CCCCC1. The first kappa shape index (κ1) is 15.5. The molecule has 0 heterocycles. The molecular formula is C19H28N2O. The second-order valence-corrected chi connectivity index (χ2v) is 6.96. The summed E-state index contributed by atoms with van der Waals surface area (Å²) in [5.74, 6) is 0.277. The Kier molecular flexibility index (Phi) is 4.82. The van der Waals surface area contributed by atoms with Crippen molar-refractivity contribution >= 4 is 5.91 Å². The summed E-state index contributed by atoms with van der Waals surface area (Å²) in [5, 5.41) is 0. The van der Waals surface area contributed by atoms with Crippen LogP contribution in [0.5, 0.6) is 0 Å². The predicted molar refractivity (Wildman–Crippen MR) is 89.8 cm³/mol. The Labute approximate surface area is 134 Å². The summed E-state index contributed by atoms with van der Waals surface area (Å²) >= 11 is 0. The Bertz CT molecular complexity index is 522. The molecule has 3 rings (SSSR count). The van der Waals surface area contributed by atoms with Gasteiger partial charge in [0.1, 0.15) is 0 Å². The Balaban J connectivity index is 1.59. The molecule has 3 nitrogen and oxygen atoms in total. The fraction of sp³-hybridized carbons (Fsp3) is 0.632. The van der Waals surface area contributed by atoms with E-state index in [1.807, 2.05) is 11.9 Å². The molecule has 3 heteroatoms. The van der Waals surface area contributed by atoms with Gasteiger partial charge in [0.25, 0.3) is 0 Å². The highest BCUT2D eigenvalue weighted by atomic mass is 16.2. The first-order chi connectivity index (χ1) is 10.7. The van der Waals surface area contributed by atoms with Crippen molar-refractivity contribution in [3.8, 4) is 0 Å². The molecule has 0 unspecified atom stereocenters. The van der Waals surface area contributed by atoms with Crippen molar-refractivity contribution in [1.82, 2.24) is 9.80 Å². The zero-order valence-electron chi connectivity index (χ0n) is 13.9. The second kappa shape index (κ2) is 6.82. The molecule has 22 heavy (non-hydrogen) atoms. The van der Waals surface area contributed by atoms with Gasteiger partial charge in [-0.3, -0.25) is 9.69 Å². The first-order valence-corrected chi connectivity index (χ1v) is 8.70. The number of carbonyl (C=O) groups is 1. The Morgan fingerprint density at radius 3 is 2.59 bits per heavy atom. The molecule has 2 aliphatic carbocycles.